The third-order valence-corrected chi connectivity index (χ3v) is 4.73. The summed E-state index contributed by atoms with van der Waals surface area (Å²) in [5, 5.41) is 10.8. The van der Waals surface area contributed by atoms with Crippen molar-refractivity contribution in [3.05, 3.63) is 111 Å². The van der Waals surface area contributed by atoms with Crippen LogP contribution in [-0.4, -0.2) is 17.5 Å². The van der Waals surface area contributed by atoms with Gasteiger partial charge in [-0.05, 0) is 59.5 Å². The molecule has 0 radical (unpaired) electrons. The molecule has 32 heavy (non-hydrogen) atoms. The first-order chi connectivity index (χ1) is 15.3. The molecule has 0 aliphatic carbocycles. The second-order valence-electron chi connectivity index (χ2n) is 7.28. The monoisotopic (exact) mass is 435 g/mol. The Morgan fingerprint density at radius 2 is 1.69 bits per heavy atom. The van der Waals surface area contributed by atoms with Crippen molar-refractivity contribution in [3.8, 4) is 5.75 Å². The van der Waals surface area contributed by atoms with Gasteiger partial charge in [0.05, 0.1) is 11.3 Å². The second-order valence-corrected chi connectivity index (χ2v) is 7.28. The van der Waals surface area contributed by atoms with E-state index in [1.807, 2.05) is 25.1 Å². The summed E-state index contributed by atoms with van der Waals surface area (Å²) < 4.78 is 24.2. The summed E-state index contributed by atoms with van der Waals surface area (Å²) in [6.45, 7) is 6.13. The third kappa shape index (κ3) is 6.25. The summed E-state index contributed by atoms with van der Waals surface area (Å²) >= 11 is 0. The lowest BCUT2D eigenvalue weighted by atomic mass is 10.0. The Labute approximate surface area is 185 Å². The van der Waals surface area contributed by atoms with Crippen LogP contribution in [0.2, 0.25) is 0 Å². The van der Waals surface area contributed by atoms with E-state index in [0.717, 1.165) is 11.1 Å². The predicted molar refractivity (Wildman–Crippen MR) is 119 cm³/mol. The molecular formula is C25H22FNO5. The number of esters is 1. The van der Waals surface area contributed by atoms with E-state index in [2.05, 4.69) is 6.58 Å². The molecule has 0 saturated heterocycles. The molecule has 0 N–H and O–H groups in total. The number of rotatable bonds is 9. The molecule has 0 spiro atoms. The van der Waals surface area contributed by atoms with Gasteiger partial charge in [0.1, 0.15) is 24.8 Å². The van der Waals surface area contributed by atoms with Gasteiger partial charge in [-0.2, -0.15) is 0 Å². The second kappa shape index (κ2) is 10.3. The van der Waals surface area contributed by atoms with Crippen molar-refractivity contribution in [1.82, 2.24) is 0 Å². The molecule has 0 heterocycles. The van der Waals surface area contributed by atoms with E-state index in [4.69, 9.17) is 9.47 Å². The van der Waals surface area contributed by atoms with Gasteiger partial charge in [0, 0.05) is 17.7 Å². The van der Waals surface area contributed by atoms with E-state index in [-0.39, 0.29) is 31.1 Å². The minimum Gasteiger partial charge on any atom is -0.488 e. The van der Waals surface area contributed by atoms with Gasteiger partial charge >= 0.3 is 5.97 Å². The van der Waals surface area contributed by atoms with Crippen molar-refractivity contribution >= 4 is 17.2 Å². The number of carbonyl (C=O) groups is 1. The van der Waals surface area contributed by atoms with Gasteiger partial charge in [0.15, 0.2) is 0 Å². The number of hydrogen-bond acceptors (Lipinski definition) is 5. The van der Waals surface area contributed by atoms with Crippen LogP contribution in [0.25, 0.3) is 5.57 Å². The van der Waals surface area contributed by atoms with E-state index in [9.17, 15) is 19.3 Å². The average Bonchev–Trinajstić information content (AvgIpc) is 2.78. The molecule has 0 amide bonds. The third-order valence-electron chi connectivity index (χ3n) is 4.73. The van der Waals surface area contributed by atoms with Crippen molar-refractivity contribution in [3.63, 3.8) is 0 Å². The molecule has 0 unspecified atom stereocenters. The van der Waals surface area contributed by atoms with Gasteiger partial charge in [0.2, 0.25) is 0 Å². The first kappa shape index (κ1) is 22.7. The highest BCUT2D eigenvalue weighted by Crippen LogP contribution is 2.28. The molecule has 3 rings (SSSR count). The average molecular weight is 435 g/mol. The normalized spacial score (nSPS) is 10.4. The standard InChI is InChI=1S/C25H22FNO5/c1-17-3-12-23(18(2)15-32-25(28)14-19-4-8-21(26)9-5-19)24(13-17)31-16-20-6-10-22(11-7-20)27(29)30/h3-13H,2,14-16H2,1H3. The zero-order chi connectivity index (χ0) is 23.1. The number of carbonyl (C=O) groups excluding carboxylic acids is 1. The Kier molecular flexibility index (Phi) is 7.33. The van der Waals surface area contributed by atoms with Crippen molar-refractivity contribution in [2.24, 2.45) is 0 Å². The van der Waals surface area contributed by atoms with Crippen molar-refractivity contribution in [2.75, 3.05) is 6.61 Å². The summed E-state index contributed by atoms with van der Waals surface area (Å²) in [5.74, 6) is -0.239. The highest BCUT2D eigenvalue weighted by molar-refractivity contribution is 5.76. The maximum atomic E-state index is 13.0. The number of nitro benzene ring substituents is 1. The summed E-state index contributed by atoms with van der Waals surface area (Å²) in [5.41, 5.74) is 3.70. The molecule has 6 nitrogen and oxygen atoms in total. The van der Waals surface area contributed by atoms with Gasteiger partial charge in [-0.25, -0.2) is 4.39 Å². The van der Waals surface area contributed by atoms with Gasteiger partial charge in [-0.3, -0.25) is 14.9 Å². The molecule has 0 aliphatic rings. The number of ether oxygens (including phenoxy) is 2. The van der Waals surface area contributed by atoms with E-state index in [0.29, 0.717) is 22.4 Å². The van der Waals surface area contributed by atoms with Crippen LogP contribution in [0.15, 0.2) is 73.3 Å². The highest BCUT2D eigenvalue weighted by atomic mass is 19.1. The van der Waals surface area contributed by atoms with E-state index in [1.165, 1.54) is 36.4 Å². The van der Waals surface area contributed by atoms with Crippen LogP contribution in [0.1, 0.15) is 22.3 Å². The molecule has 0 fully saturated rings. The number of aryl methyl sites for hydroxylation is 1. The maximum Gasteiger partial charge on any atom is 0.310 e. The van der Waals surface area contributed by atoms with Gasteiger partial charge in [-0.15, -0.1) is 0 Å². The fraction of sp³-hybridized carbons (Fsp3) is 0.160. The molecule has 7 heteroatoms. The lowest BCUT2D eigenvalue weighted by Gasteiger charge is -2.15. The Balaban J connectivity index is 1.61. The van der Waals surface area contributed by atoms with Crippen LogP contribution in [-0.2, 0) is 22.6 Å². The molecule has 0 bridgehead atoms. The molecule has 3 aromatic rings. The lowest BCUT2D eigenvalue weighted by Crippen LogP contribution is -2.10. The predicted octanol–water partition coefficient (Wildman–Crippen LogP) is 5.42. The molecule has 0 saturated carbocycles. The summed E-state index contributed by atoms with van der Waals surface area (Å²) in [6, 6.07) is 17.4. The van der Waals surface area contributed by atoms with Gasteiger partial charge in [0.25, 0.3) is 5.69 Å². The molecular weight excluding hydrogens is 413 g/mol. The van der Waals surface area contributed by atoms with Gasteiger partial charge < -0.3 is 9.47 Å². The summed E-state index contributed by atoms with van der Waals surface area (Å²) in [6.07, 6.45) is 0.0327. The Bertz CT molecular complexity index is 1120. The smallest absolute Gasteiger partial charge is 0.310 e. The molecule has 0 aromatic heterocycles. The zero-order valence-corrected chi connectivity index (χ0v) is 17.5. The maximum absolute atomic E-state index is 13.0. The van der Waals surface area contributed by atoms with E-state index >= 15 is 0 Å². The van der Waals surface area contributed by atoms with Crippen LogP contribution < -0.4 is 4.74 Å². The minimum absolute atomic E-state index is 0.0147. The Morgan fingerprint density at radius 3 is 2.34 bits per heavy atom. The Hall–Kier alpha value is -4.00. The van der Waals surface area contributed by atoms with E-state index in [1.54, 1.807) is 12.1 Å². The first-order valence-corrected chi connectivity index (χ1v) is 9.87. The molecule has 0 aliphatic heterocycles. The SMILES string of the molecule is C=C(COC(=O)Cc1ccc(F)cc1)c1ccc(C)cc1OCc1ccc([N+](=O)[O-])cc1. The van der Waals surface area contributed by atoms with E-state index < -0.39 is 10.9 Å². The van der Waals surface area contributed by atoms with Crippen LogP contribution in [0.4, 0.5) is 10.1 Å². The number of non-ortho nitro benzene ring substituents is 1. The first-order valence-electron chi connectivity index (χ1n) is 9.87. The van der Waals surface area contributed by atoms with Crippen LogP contribution >= 0.6 is 0 Å². The fourth-order valence-electron chi connectivity index (χ4n) is 2.98. The molecule has 3 aromatic carbocycles. The zero-order valence-electron chi connectivity index (χ0n) is 17.5. The van der Waals surface area contributed by atoms with Gasteiger partial charge in [-0.1, -0.05) is 30.8 Å². The summed E-state index contributed by atoms with van der Waals surface area (Å²) in [7, 11) is 0. The number of halogens is 1. The van der Waals surface area contributed by atoms with Crippen molar-refractivity contribution in [2.45, 2.75) is 20.0 Å². The topological polar surface area (TPSA) is 78.7 Å². The highest BCUT2D eigenvalue weighted by Gasteiger charge is 2.12. The molecule has 164 valence electrons. The van der Waals surface area contributed by atoms with Crippen LogP contribution in [0, 0.1) is 22.9 Å². The van der Waals surface area contributed by atoms with Crippen molar-refractivity contribution < 1.29 is 23.6 Å². The Morgan fingerprint density at radius 1 is 1.03 bits per heavy atom. The lowest BCUT2D eigenvalue weighted by molar-refractivity contribution is -0.384. The minimum atomic E-state index is -0.454. The van der Waals surface area contributed by atoms with Crippen molar-refractivity contribution in [1.29, 1.82) is 0 Å². The number of benzene rings is 3. The largest absolute Gasteiger partial charge is 0.488 e. The van der Waals surface area contributed by atoms with Crippen LogP contribution in [0.3, 0.4) is 0 Å². The number of hydrogen-bond donors (Lipinski definition) is 0. The quantitative estimate of drug-likeness (QED) is 0.255. The summed E-state index contributed by atoms with van der Waals surface area (Å²) in [4.78, 5) is 22.5. The number of nitrogens with zero attached hydrogens (tertiary/aromatic N) is 1. The fourth-order valence-corrected chi connectivity index (χ4v) is 2.98. The number of nitro groups is 1. The van der Waals surface area contributed by atoms with Crippen LogP contribution in [0.5, 0.6) is 5.75 Å². The molecule has 0 atom stereocenters.